The number of hydrogen-bond acceptors (Lipinski definition) is 3. The molecule has 4 nitrogen and oxygen atoms in total. The zero-order valence-electron chi connectivity index (χ0n) is 8.62. The fourth-order valence-corrected chi connectivity index (χ4v) is 1.26. The normalized spacial score (nSPS) is 17.9. The number of nitrogens with one attached hydrogen (secondary N) is 1. The Bertz CT molecular complexity index is 240. The van der Waals surface area contributed by atoms with Crippen LogP contribution in [0, 0.1) is 0 Å². The monoisotopic (exact) mass is 215 g/mol. The minimum atomic E-state index is -0.0325. The van der Waals surface area contributed by atoms with Gasteiger partial charge in [-0.25, -0.2) is 0 Å². The van der Waals surface area contributed by atoms with Crippen LogP contribution < -0.4 is 11.1 Å². The van der Waals surface area contributed by atoms with Gasteiger partial charge in [0.2, 0.25) is 5.91 Å². The summed E-state index contributed by atoms with van der Waals surface area (Å²) in [6, 6.07) is 0.381. The van der Waals surface area contributed by atoms with Crippen molar-refractivity contribution in [2.45, 2.75) is 31.8 Å². The van der Waals surface area contributed by atoms with E-state index in [4.69, 9.17) is 18.0 Å². The molecule has 0 aromatic rings. The molecule has 1 atom stereocenters. The number of likely N-dealkylation sites (N-methyl/N-ethyl adjacent to an activating group) is 1. The quantitative estimate of drug-likeness (QED) is 0.627. The molecule has 1 saturated carbocycles. The lowest BCUT2D eigenvalue weighted by atomic mass is 10.3. The third-order valence-electron chi connectivity index (χ3n) is 2.41. The minimum Gasteiger partial charge on any atom is -0.392 e. The van der Waals surface area contributed by atoms with E-state index < -0.39 is 0 Å². The van der Waals surface area contributed by atoms with Gasteiger partial charge in [0.05, 0.1) is 17.6 Å². The molecule has 3 N–H and O–H groups in total. The van der Waals surface area contributed by atoms with Crippen molar-refractivity contribution in [2.24, 2.45) is 5.73 Å². The van der Waals surface area contributed by atoms with Crippen molar-refractivity contribution >= 4 is 23.1 Å². The molecule has 1 unspecified atom stereocenters. The Balaban J connectivity index is 2.27. The number of hydrogen-bond donors (Lipinski definition) is 2. The highest BCUT2D eigenvalue weighted by Gasteiger charge is 2.24. The molecule has 0 heterocycles. The summed E-state index contributed by atoms with van der Waals surface area (Å²) in [4.78, 5) is 13.7. The van der Waals surface area contributed by atoms with Crippen LogP contribution in [-0.4, -0.2) is 41.5 Å². The van der Waals surface area contributed by atoms with Gasteiger partial charge in [-0.05, 0) is 26.8 Å². The van der Waals surface area contributed by atoms with E-state index in [0.717, 1.165) is 12.8 Å². The van der Waals surface area contributed by atoms with E-state index in [1.54, 1.807) is 0 Å². The average Bonchev–Trinajstić information content (AvgIpc) is 2.86. The van der Waals surface area contributed by atoms with Crippen molar-refractivity contribution in [2.75, 3.05) is 13.6 Å². The largest absolute Gasteiger partial charge is 0.392 e. The van der Waals surface area contributed by atoms with Gasteiger partial charge in [-0.15, -0.1) is 0 Å². The number of carbonyl (C=O) groups is 1. The number of rotatable bonds is 5. The van der Waals surface area contributed by atoms with E-state index in [1.165, 1.54) is 0 Å². The van der Waals surface area contributed by atoms with Gasteiger partial charge in [-0.3, -0.25) is 9.69 Å². The Morgan fingerprint density at radius 3 is 2.71 bits per heavy atom. The first-order valence-corrected chi connectivity index (χ1v) is 5.20. The molecule has 0 spiro atoms. The van der Waals surface area contributed by atoms with Crippen LogP contribution >= 0.6 is 12.2 Å². The maximum absolute atomic E-state index is 11.4. The van der Waals surface area contributed by atoms with Crippen LogP contribution in [0.5, 0.6) is 0 Å². The van der Waals surface area contributed by atoms with Crippen LogP contribution in [0.1, 0.15) is 19.8 Å². The molecule has 5 heteroatoms. The van der Waals surface area contributed by atoms with E-state index in [2.05, 4.69) is 5.32 Å². The number of carbonyl (C=O) groups excluding carboxylic acids is 1. The molecule has 0 saturated heterocycles. The third-order valence-corrected chi connectivity index (χ3v) is 2.75. The minimum absolute atomic E-state index is 0.0325. The summed E-state index contributed by atoms with van der Waals surface area (Å²) in [6.45, 7) is 2.25. The smallest absolute Gasteiger partial charge is 0.234 e. The fraction of sp³-hybridized carbons (Fsp3) is 0.778. The van der Waals surface area contributed by atoms with Gasteiger partial charge in [0.25, 0.3) is 0 Å². The summed E-state index contributed by atoms with van der Waals surface area (Å²) in [5.41, 5.74) is 5.48. The lowest BCUT2D eigenvalue weighted by Gasteiger charge is -2.22. The predicted octanol–water partition coefficient (Wildman–Crippen LogP) is -0.129. The van der Waals surface area contributed by atoms with Gasteiger partial charge in [0.15, 0.2) is 0 Å². The van der Waals surface area contributed by atoms with Gasteiger partial charge in [-0.2, -0.15) is 0 Å². The second kappa shape index (κ2) is 4.70. The van der Waals surface area contributed by atoms with E-state index in [1.807, 2.05) is 18.9 Å². The first kappa shape index (κ1) is 11.4. The summed E-state index contributed by atoms with van der Waals surface area (Å²) in [5, 5.41) is 2.91. The number of thiocarbonyl (C=S) groups is 1. The maximum Gasteiger partial charge on any atom is 0.234 e. The van der Waals surface area contributed by atoms with Gasteiger partial charge >= 0.3 is 0 Å². The molecule has 0 aromatic heterocycles. The molecule has 1 aliphatic rings. The number of nitrogens with zero attached hydrogens (tertiary/aromatic N) is 1. The molecule has 1 rings (SSSR count). The van der Waals surface area contributed by atoms with Crippen LogP contribution in [0.4, 0.5) is 0 Å². The van der Waals surface area contributed by atoms with Crippen LogP contribution in [-0.2, 0) is 4.79 Å². The predicted molar refractivity (Wildman–Crippen MR) is 60.0 cm³/mol. The van der Waals surface area contributed by atoms with Crippen molar-refractivity contribution in [1.82, 2.24) is 10.2 Å². The van der Waals surface area contributed by atoms with E-state index >= 15 is 0 Å². The van der Waals surface area contributed by atoms with Crippen molar-refractivity contribution < 1.29 is 4.79 Å². The Kier molecular flexibility index (Phi) is 3.83. The number of nitrogens with two attached hydrogens (primary N) is 1. The second-order valence-corrected chi connectivity index (χ2v) is 4.31. The van der Waals surface area contributed by atoms with Crippen molar-refractivity contribution in [1.29, 1.82) is 0 Å². The highest BCUT2D eigenvalue weighted by atomic mass is 32.1. The summed E-state index contributed by atoms with van der Waals surface area (Å²) in [6.07, 6.45) is 2.22. The molecule has 0 radical (unpaired) electrons. The Hall–Kier alpha value is -0.680. The molecule has 1 fully saturated rings. The maximum atomic E-state index is 11.4. The zero-order valence-corrected chi connectivity index (χ0v) is 9.43. The topological polar surface area (TPSA) is 58.4 Å². The van der Waals surface area contributed by atoms with Crippen LogP contribution in [0.25, 0.3) is 0 Å². The molecule has 0 bridgehead atoms. The van der Waals surface area contributed by atoms with E-state index in [-0.39, 0.29) is 11.9 Å². The molecule has 80 valence electrons. The molecule has 0 aliphatic heterocycles. The molecule has 0 aromatic carbocycles. The SMILES string of the molecule is CC(C(N)=S)N(C)CC(=O)NC1CC1. The summed E-state index contributed by atoms with van der Waals surface area (Å²) in [5.74, 6) is 0.0538. The lowest BCUT2D eigenvalue weighted by molar-refractivity contribution is -0.122. The Morgan fingerprint density at radius 2 is 2.29 bits per heavy atom. The molecule has 1 amide bonds. The van der Waals surface area contributed by atoms with Crippen molar-refractivity contribution in [3.05, 3.63) is 0 Å². The second-order valence-electron chi connectivity index (χ2n) is 3.84. The van der Waals surface area contributed by atoms with Crippen LogP contribution in [0.3, 0.4) is 0 Å². The van der Waals surface area contributed by atoms with E-state index in [0.29, 0.717) is 17.6 Å². The molecular weight excluding hydrogens is 198 g/mol. The van der Waals surface area contributed by atoms with Crippen LogP contribution in [0.2, 0.25) is 0 Å². The first-order valence-electron chi connectivity index (χ1n) is 4.79. The Morgan fingerprint density at radius 1 is 1.71 bits per heavy atom. The van der Waals surface area contributed by atoms with Crippen molar-refractivity contribution in [3.63, 3.8) is 0 Å². The van der Waals surface area contributed by atoms with Crippen molar-refractivity contribution in [3.8, 4) is 0 Å². The van der Waals surface area contributed by atoms with Gasteiger partial charge in [0, 0.05) is 6.04 Å². The zero-order chi connectivity index (χ0) is 10.7. The molecular formula is C9H17N3OS. The summed E-state index contributed by atoms with van der Waals surface area (Å²) >= 11 is 4.85. The molecule has 1 aliphatic carbocycles. The fourth-order valence-electron chi connectivity index (χ4n) is 1.08. The Labute approximate surface area is 89.8 Å². The van der Waals surface area contributed by atoms with Gasteiger partial charge < -0.3 is 11.1 Å². The van der Waals surface area contributed by atoms with Crippen LogP contribution in [0.15, 0.2) is 0 Å². The lowest BCUT2D eigenvalue weighted by Crippen LogP contribution is -2.44. The first-order chi connectivity index (χ1) is 6.50. The highest BCUT2D eigenvalue weighted by Crippen LogP contribution is 2.18. The summed E-state index contributed by atoms with van der Waals surface area (Å²) < 4.78 is 0. The third kappa shape index (κ3) is 3.59. The molecule has 14 heavy (non-hydrogen) atoms. The van der Waals surface area contributed by atoms with E-state index in [9.17, 15) is 4.79 Å². The highest BCUT2D eigenvalue weighted by molar-refractivity contribution is 7.80. The average molecular weight is 215 g/mol. The summed E-state index contributed by atoms with van der Waals surface area (Å²) in [7, 11) is 1.84. The standard InChI is InChI=1S/C9H17N3OS/c1-6(9(10)14)12(2)5-8(13)11-7-3-4-7/h6-7H,3-5H2,1-2H3,(H2,10,14)(H,11,13). The van der Waals surface area contributed by atoms with Gasteiger partial charge in [0.1, 0.15) is 0 Å². The number of amides is 1. The van der Waals surface area contributed by atoms with Gasteiger partial charge in [-0.1, -0.05) is 12.2 Å².